The quantitative estimate of drug-likeness (QED) is 0.781. The molecule has 1 aromatic heterocycles. The van der Waals surface area contributed by atoms with Crippen LogP contribution in [0.5, 0.6) is 0 Å². The zero-order valence-electron chi connectivity index (χ0n) is 12.0. The SMILES string of the molecule is C1CNC1.c1ccc(Cc2nncc3ccccc23)cc1. The molecule has 3 heteroatoms. The van der Waals surface area contributed by atoms with Crippen LogP contribution in [0.15, 0.2) is 60.8 Å². The van der Waals surface area contributed by atoms with Crippen molar-refractivity contribution in [2.75, 3.05) is 13.1 Å². The molecule has 2 heterocycles. The van der Waals surface area contributed by atoms with E-state index in [-0.39, 0.29) is 0 Å². The van der Waals surface area contributed by atoms with E-state index in [0.717, 1.165) is 17.5 Å². The van der Waals surface area contributed by atoms with Gasteiger partial charge in [0, 0.05) is 17.2 Å². The maximum absolute atomic E-state index is 4.25. The Labute approximate surface area is 125 Å². The molecule has 0 atom stereocenters. The van der Waals surface area contributed by atoms with Crippen LogP contribution in [0.25, 0.3) is 10.8 Å². The van der Waals surface area contributed by atoms with Gasteiger partial charge >= 0.3 is 0 Å². The Hall–Kier alpha value is -2.26. The molecule has 2 aromatic carbocycles. The average Bonchev–Trinajstić information content (AvgIpc) is 2.47. The van der Waals surface area contributed by atoms with Crippen LogP contribution in [0, 0.1) is 0 Å². The van der Waals surface area contributed by atoms with Crippen molar-refractivity contribution in [1.29, 1.82) is 0 Å². The number of hydrogen-bond donors (Lipinski definition) is 1. The fraction of sp³-hybridized carbons (Fsp3) is 0.222. The molecule has 4 rings (SSSR count). The van der Waals surface area contributed by atoms with E-state index in [0.29, 0.717) is 0 Å². The summed E-state index contributed by atoms with van der Waals surface area (Å²) in [5.74, 6) is 0. The molecule has 0 spiro atoms. The fourth-order valence-corrected chi connectivity index (χ4v) is 2.18. The number of fused-ring (bicyclic) bond motifs is 1. The van der Waals surface area contributed by atoms with Gasteiger partial charge < -0.3 is 5.32 Å². The summed E-state index contributed by atoms with van der Waals surface area (Å²) in [6, 6.07) is 18.6. The van der Waals surface area contributed by atoms with E-state index in [1.807, 2.05) is 36.5 Å². The summed E-state index contributed by atoms with van der Waals surface area (Å²) in [5, 5.41) is 13.8. The highest BCUT2D eigenvalue weighted by Crippen LogP contribution is 2.17. The summed E-state index contributed by atoms with van der Waals surface area (Å²) in [4.78, 5) is 0. The first-order chi connectivity index (χ1) is 10.4. The standard InChI is InChI=1S/C15H12N2.C3H7N/c1-2-6-12(7-3-1)10-15-14-9-5-4-8-13(14)11-16-17-15;1-2-4-3-1/h1-9,11H,10H2;4H,1-3H2. The van der Waals surface area contributed by atoms with Gasteiger partial charge in [0.05, 0.1) is 11.9 Å². The number of rotatable bonds is 2. The van der Waals surface area contributed by atoms with Crippen LogP contribution in [0.4, 0.5) is 0 Å². The maximum Gasteiger partial charge on any atom is 0.0753 e. The van der Waals surface area contributed by atoms with Crippen LogP contribution in [0.2, 0.25) is 0 Å². The summed E-state index contributed by atoms with van der Waals surface area (Å²) >= 11 is 0. The van der Waals surface area contributed by atoms with Crippen molar-refractivity contribution in [3.63, 3.8) is 0 Å². The Kier molecular flexibility index (Phi) is 4.54. The van der Waals surface area contributed by atoms with Crippen LogP contribution in [0.1, 0.15) is 17.7 Å². The van der Waals surface area contributed by atoms with Crippen LogP contribution >= 0.6 is 0 Å². The molecule has 3 nitrogen and oxygen atoms in total. The average molecular weight is 277 g/mol. The van der Waals surface area contributed by atoms with E-state index < -0.39 is 0 Å². The second kappa shape index (κ2) is 6.95. The van der Waals surface area contributed by atoms with Crippen molar-refractivity contribution < 1.29 is 0 Å². The highest BCUT2D eigenvalue weighted by molar-refractivity contribution is 5.83. The lowest BCUT2D eigenvalue weighted by atomic mass is 10.1. The Morgan fingerprint density at radius 1 is 0.905 bits per heavy atom. The summed E-state index contributed by atoms with van der Waals surface area (Å²) in [5.41, 5.74) is 2.30. The smallest absolute Gasteiger partial charge is 0.0753 e. The summed E-state index contributed by atoms with van der Waals surface area (Å²) < 4.78 is 0. The van der Waals surface area contributed by atoms with E-state index >= 15 is 0 Å². The van der Waals surface area contributed by atoms with Crippen LogP contribution in [-0.2, 0) is 6.42 Å². The van der Waals surface area contributed by atoms with Crippen molar-refractivity contribution in [3.8, 4) is 0 Å². The van der Waals surface area contributed by atoms with Crippen molar-refractivity contribution in [2.45, 2.75) is 12.8 Å². The molecule has 3 aromatic rings. The highest BCUT2D eigenvalue weighted by atomic mass is 15.1. The summed E-state index contributed by atoms with van der Waals surface area (Å²) in [7, 11) is 0. The number of hydrogen-bond acceptors (Lipinski definition) is 3. The Balaban J connectivity index is 0.000000287. The topological polar surface area (TPSA) is 37.8 Å². The van der Waals surface area contributed by atoms with E-state index in [1.54, 1.807) is 0 Å². The molecule has 0 aliphatic carbocycles. The lowest BCUT2D eigenvalue weighted by Crippen LogP contribution is -2.29. The number of aromatic nitrogens is 2. The lowest BCUT2D eigenvalue weighted by Gasteiger charge is -2.09. The molecule has 1 N–H and O–H groups in total. The van der Waals surface area contributed by atoms with Gasteiger partial charge in [-0.2, -0.15) is 10.2 Å². The van der Waals surface area contributed by atoms with Crippen LogP contribution in [0.3, 0.4) is 0 Å². The Bertz CT molecular complexity index is 682. The normalized spacial score (nSPS) is 13.1. The molecule has 106 valence electrons. The van der Waals surface area contributed by atoms with Gasteiger partial charge in [0.25, 0.3) is 0 Å². The monoisotopic (exact) mass is 277 g/mol. The second-order valence-corrected chi connectivity index (χ2v) is 5.14. The van der Waals surface area contributed by atoms with Gasteiger partial charge in [-0.15, -0.1) is 0 Å². The zero-order valence-corrected chi connectivity index (χ0v) is 12.0. The molecule has 0 amide bonds. The molecule has 0 radical (unpaired) electrons. The molecule has 0 saturated carbocycles. The minimum atomic E-state index is 0.829. The van der Waals surface area contributed by atoms with Gasteiger partial charge in [0.1, 0.15) is 0 Å². The maximum atomic E-state index is 4.25. The largest absolute Gasteiger partial charge is 0.317 e. The lowest BCUT2D eigenvalue weighted by molar-refractivity contribution is 0.527. The molecule has 1 fully saturated rings. The summed E-state index contributed by atoms with van der Waals surface area (Å²) in [6.45, 7) is 2.50. The molecule has 1 aliphatic heterocycles. The third-order valence-electron chi connectivity index (χ3n) is 3.57. The molecule has 1 saturated heterocycles. The van der Waals surface area contributed by atoms with E-state index in [1.165, 1.54) is 30.5 Å². The van der Waals surface area contributed by atoms with Crippen molar-refractivity contribution >= 4 is 10.8 Å². The molecule has 21 heavy (non-hydrogen) atoms. The highest BCUT2D eigenvalue weighted by Gasteiger charge is 2.03. The third-order valence-corrected chi connectivity index (χ3v) is 3.57. The van der Waals surface area contributed by atoms with Gasteiger partial charge in [-0.3, -0.25) is 0 Å². The molecule has 1 aliphatic rings. The fourth-order valence-electron chi connectivity index (χ4n) is 2.18. The van der Waals surface area contributed by atoms with Crippen molar-refractivity contribution in [3.05, 3.63) is 72.1 Å². The van der Waals surface area contributed by atoms with Gasteiger partial charge in [-0.05, 0) is 25.1 Å². The number of nitrogens with zero attached hydrogens (tertiary/aromatic N) is 2. The van der Waals surface area contributed by atoms with Gasteiger partial charge in [0.15, 0.2) is 0 Å². The first kappa shape index (κ1) is 13.7. The number of benzene rings is 2. The van der Waals surface area contributed by atoms with E-state index in [2.05, 4.69) is 39.8 Å². The van der Waals surface area contributed by atoms with Crippen molar-refractivity contribution in [1.82, 2.24) is 15.5 Å². The van der Waals surface area contributed by atoms with E-state index in [9.17, 15) is 0 Å². The first-order valence-electron chi connectivity index (χ1n) is 7.37. The Morgan fingerprint density at radius 3 is 2.29 bits per heavy atom. The number of nitrogens with one attached hydrogen (secondary N) is 1. The zero-order chi connectivity index (χ0) is 14.3. The third kappa shape index (κ3) is 3.64. The predicted octanol–water partition coefficient (Wildman–Crippen LogP) is 3.20. The molecular formula is C18H19N3. The minimum Gasteiger partial charge on any atom is -0.317 e. The predicted molar refractivity (Wildman–Crippen MR) is 86.3 cm³/mol. The molecular weight excluding hydrogens is 258 g/mol. The van der Waals surface area contributed by atoms with Crippen LogP contribution < -0.4 is 5.32 Å². The summed E-state index contributed by atoms with van der Waals surface area (Å²) in [6.07, 6.45) is 4.03. The molecule has 0 bridgehead atoms. The van der Waals surface area contributed by atoms with Gasteiger partial charge in [-0.25, -0.2) is 0 Å². The van der Waals surface area contributed by atoms with Gasteiger partial charge in [-0.1, -0.05) is 54.6 Å². The van der Waals surface area contributed by atoms with Crippen LogP contribution in [-0.4, -0.2) is 23.3 Å². The first-order valence-corrected chi connectivity index (χ1v) is 7.37. The van der Waals surface area contributed by atoms with Crippen molar-refractivity contribution in [2.24, 2.45) is 0 Å². The Morgan fingerprint density at radius 2 is 1.57 bits per heavy atom. The second-order valence-electron chi connectivity index (χ2n) is 5.14. The van der Waals surface area contributed by atoms with Gasteiger partial charge in [0.2, 0.25) is 0 Å². The van der Waals surface area contributed by atoms with E-state index in [4.69, 9.17) is 0 Å². The molecule has 0 unspecified atom stereocenters. The minimum absolute atomic E-state index is 0.829.